The van der Waals surface area contributed by atoms with E-state index in [1.807, 2.05) is 13.8 Å². The molecule has 0 saturated carbocycles. The van der Waals surface area contributed by atoms with Crippen molar-refractivity contribution < 1.29 is 23.8 Å². The fourth-order valence-corrected chi connectivity index (χ4v) is 1.50. The van der Waals surface area contributed by atoms with E-state index in [4.69, 9.17) is 19.0 Å². The Morgan fingerprint density at radius 2 is 1.67 bits per heavy atom. The lowest BCUT2D eigenvalue weighted by molar-refractivity contribution is -0.178. The molecule has 0 aliphatic rings. The van der Waals surface area contributed by atoms with Crippen molar-refractivity contribution in [3.63, 3.8) is 0 Å². The molecule has 1 atom stereocenters. The van der Waals surface area contributed by atoms with Gasteiger partial charge in [0.2, 0.25) is 11.8 Å². The summed E-state index contributed by atoms with van der Waals surface area (Å²) >= 11 is 0. The van der Waals surface area contributed by atoms with Crippen LogP contribution in [0.4, 0.5) is 0 Å². The minimum atomic E-state index is -0.785. The molecule has 118 valence electrons. The molecule has 0 saturated heterocycles. The van der Waals surface area contributed by atoms with E-state index in [-0.39, 0.29) is 29.6 Å². The van der Waals surface area contributed by atoms with Crippen LogP contribution in [0.1, 0.15) is 13.8 Å². The lowest BCUT2D eigenvalue weighted by Crippen LogP contribution is -2.42. The summed E-state index contributed by atoms with van der Waals surface area (Å²) in [5.74, 6) is 0.132. The molecule has 21 heavy (non-hydrogen) atoms. The third-order valence-corrected chi connectivity index (χ3v) is 2.74. The Kier molecular flexibility index (Phi) is 6.16. The van der Waals surface area contributed by atoms with E-state index < -0.39 is 6.10 Å². The zero-order chi connectivity index (χ0) is 16.0. The smallest absolute Gasteiger partial charge is 0.323 e. The Morgan fingerprint density at radius 1 is 1.14 bits per heavy atom. The number of methoxy groups -OCH3 is 2. The quantitative estimate of drug-likeness (QED) is 0.692. The van der Waals surface area contributed by atoms with Gasteiger partial charge in [0.05, 0.1) is 27.4 Å². The lowest BCUT2D eigenvalue weighted by Gasteiger charge is -2.24. The first-order valence-corrected chi connectivity index (χ1v) is 6.38. The maximum absolute atomic E-state index is 12.2. The van der Waals surface area contributed by atoms with Crippen LogP contribution >= 0.6 is 0 Å². The molecule has 1 heterocycles. The summed E-state index contributed by atoms with van der Waals surface area (Å²) in [4.78, 5) is 25.2. The minimum Gasteiger partial charge on any atom is -0.481 e. The van der Waals surface area contributed by atoms with Gasteiger partial charge >= 0.3 is 6.01 Å². The Morgan fingerprint density at radius 3 is 2.05 bits per heavy atom. The molecule has 0 bridgehead atoms. The van der Waals surface area contributed by atoms with E-state index in [1.165, 1.54) is 34.4 Å². The highest BCUT2D eigenvalue weighted by Crippen LogP contribution is 2.21. The maximum atomic E-state index is 12.2. The molecule has 1 amide bonds. The van der Waals surface area contributed by atoms with Crippen LogP contribution in [0.2, 0.25) is 0 Å². The summed E-state index contributed by atoms with van der Waals surface area (Å²) < 4.78 is 15.7. The zero-order valence-corrected chi connectivity index (χ0v) is 13.1. The Balaban J connectivity index is 3.01. The van der Waals surface area contributed by atoms with Crippen molar-refractivity contribution in [2.45, 2.75) is 20.0 Å². The largest absolute Gasteiger partial charge is 0.481 e. The monoisotopic (exact) mass is 299 g/mol. The molecule has 0 fully saturated rings. The SMILES string of the molecule is COc1cc(OC)nc(OC(C(=O)N(C)OC)C(C)C)n1. The van der Waals surface area contributed by atoms with Crippen LogP contribution in [0.3, 0.4) is 0 Å². The molecule has 1 rings (SSSR count). The predicted octanol–water partition coefficient (Wildman–Crippen LogP) is 0.917. The second-order valence-electron chi connectivity index (χ2n) is 4.54. The lowest BCUT2D eigenvalue weighted by atomic mass is 10.1. The van der Waals surface area contributed by atoms with Gasteiger partial charge in [-0.3, -0.25) is 9.63 Å². The molecule has 0 spiro atoms. The number of amides is 1. The van der Waals surface area contributed by atoms with Crippen molar-refractivity contribution in [3.8, 4) is 17.8 Å². The van der Waals surface area contributed by atoms with Crippen molar-refractivity contribution in [1.29, 1.82) is 0 Å². The van der Waals surface area contributed by atoms with Gasteiger partial charge in [-0.15, -0.1) is 0 Å². The molecular formula is C13H21N3O5. The molecule has 1 aromatic heterocycles. The molecule has 8 heteroatoms. The van der Waals surface area contributed by atoms with Crippen molar-refractivity contribution >= 4 is 5.91 Å². The fraction of sp³-hybridized carbons (Fsp3) is 0.615. The van der Waals surface area contributed by atoms with Crippen LogP contribution < -0.4 is 14.2 Å². The van der Waals surface area contributed by atoms with Gasteiger partial charge in [0.25, 0.3) is 5.91 Å². The Bertz CT molecular complexity index is 459. The van der Waals surface area contributed by atoms with Gasteiger partial charge in [0.15, 0.2) is 6.10 Å². The number of hydrogen-bond acceptors (Lipinski definition) is 7. The average molecular weight is 299 g/mol. The molecule has 8 nitrogen and oxygen atoms in total. The van der Waals surface area contributed by atoms with Gasteiger partial charge in [-0.05, 0) is 5.92 Å². The number of likely N-dealkylation sites (N-methyl/N-ethyl adjacent to an activating group) is 1. The van der Waals surface area contributed by atoms with Gasteiger partial charge in [0, 0.05) is 7.05 Å². The second-order valence-corrected chi connectivity index (χ2v) is 4.54. The molecule has 0 aromatic carbocycles. The van der Waals surface area contributed by atoms with Crippen LogP contribution in [0.15, 0.2) is 6.07 Å². The summed E-state index contributed by atoms with van der Waals surface area (Å²) in [5.41, 5.74) is 0. The molecule has 0 aliphatic heterocycles. The fourth-order valence-electron chi connectivity index (χ4n) is 1.50. The number of hydrogen-bond donors (Lipinski definition) is 0. The summed E-state index contributed by atoms with van der Waals surface area (Å²) in [7, 11) is 5.85. The van der Waals surface area contributed by atoms with E-state index in [0.29, 0.717) is 0 Å². The van der Waals surface area contributed by atoms with Crippen LogP contribution in [0.5, 0.6) is 17.8 Å². The molecule has 0 aliphatic carbocycles. The number of carbonyl (C=O) groups excluding carboxylic acids is 1. The average Bonchev–Trinajstić information content (AvgIpc) is 2.50. The standard InChI is InChI=1S/C13H21N3O5/c1-8(2)11(12(17)16(3)20-6)21-13-14-9(18-4)7-10(15-13)19-5/h7-8,11H,1-6H3. The summed E-state index contributed by atoms with van der Waals surface area (Å²) in [5, 5.41) is 1.10. The number of hydroxylamine groups is 2. The van der Waals surface area contributed by atoms with Gasteiger partial charge in [-0.2, -0.15) is 9.97 Å². The van der Waals surface area contributed by atoms with Gasteiger partial charge < -0.3 is 14.2 Å². The molecular weight excluding hydrogens is 278 g/mol. The number of nitrogens with zero attached hydrogens (tertiary/aromatic N) is 3. The van der Waals surface area contributed by atoms with Crippen molar-refractivity contribution in [1.82, 2.24) is 15.0 Å². The highest BCUT2D eigenvalue weighted by molar-refractivity contribution is 5.80. The first-order chi connectivity index (χ1) is 9.92. The normalized spacial score (nSPS) is 12.0. The third-order valence-electron chi connectivity index (χ3n) is 2.74. The van der Waals surface area contributed by atoms with Gasteiger partial charge in [0.1, 0.15) is 0 Å². The van der Waals surface area contributed by atoms with Crippen molar-refractivity contribution in [2.75, 3.05) is 28.4 Å². The topological polar surface area (TPSA) is 83.0 Å². The zero-order valence-electron chi connectivity index (χ0n) is 13.1. The van der Waals surface area contributed by atoms with Crippen molar-refractivity contribution in [2.24, 2.45) is 5.92 Å². The molecule has 0 N–H and O–H groups in total. The Labute approximate surface area is 123 Å². The van der Waals surface area contributed by atoms with Gasteiger partial charge in [-0.1, -0.05) is 13.8 Å². The van der Waals surface area contributed by atoms with Crippen LogP contribution in [0.25, 0.3) is 0 Å². The van der Waals surface area contributed by atoms with E-state index in [2.05, 4.69) is 9.97 Å². The highest BCUT2D eigenvalue weighted by Gasteiger charge is 2.29. The van der Waals surface area contributed by atoms with E-state index in [9.17, 15) is 4.79 Å². The number of rotatable bonds is 7. The molecule has 1 aromatic rings. The third kappa shape index (κ3) is 4.45. The summed E-state index contributed by atoms with van der Waals surface area (Å²) in [6, 6.07) is 1.52. The molecule has 0 radical (unpaired) electrons. The Hall–Kier alpha value is -2.09. The highest BCUT2D eigenvalue weighted by atomic mass is 16.7. The first kappa shape index (κ1) is 17.0. The van der Waals surface area contributed by atoms with Crippen LogP contribution in [-0.2, 0) is 9.63 Å². The van der Waals surface area contributed by atoms with E-state index in [0.717, 1.165) is 5.06 Å². The first-order valence-electron chi connectivity index (χ1n) is 6.38. The number of ether oxygens (including phenoxy) is 3. The van der Waals surface area contributed by atoms with E-state index in [1.54, 1.807) is 0 Å². The van der Waals surface area contributed by atoms with Gasteiger partial charge in [-0.25, -0.2) is 5.06 Å². The number of aromatic nitrogens is 2. The van der Waals surface area contributed by atoms with Crippen LogP contribution in [-0.4, -0.2) is 55.4 Å². The predicted molar refractivity (Wildman–Crippen MR) is 74.2 cm³/mol. The summed E-state index contributed by atoms with van der Waals surface area (Å²) in [6.07, 6.45) is -0.785. The maximum Gasteiger partial charge on any atom is 0.323 e. The van der Waals surface area contributed by atoms with Crippen molar-refractivity contribution in [3.05, 3.63) is 6.07 Å². The van der Waals surface area contributed by atoms with E-state index >= 15 is 0 Å². The second kappa shape index (κ2) is 7.63. The van der Waals surface area contributed by atoms with Crippen LogP contribution in [0, 0.1) is 5.92 Å². The summed E-state index contributed by atoms with van der Waals surface area (Å²) in [6.45, 7) is 3.70. The minimum absolute atomic E-state index is 0.00255. The molecule has 1 unspecified atom stereocenters. The number of carbonyl (C=O) groups is 1.